The van der Waals surface area contributed by atoms with Gasteiger partial charge in [0.05, 0.1) is 5.69 Å². The summed E-state index contributed by atoms with van der Waals surface area (Å²) in [7, 11) is 0. The quantitative estimate of drug-likeness (QED) is 0.359. The standard InChI is InChI=1S/C26H21N5O/c27-18-22(26(32)29-16-11-20-7-3-1-4-8-20)17-23-19-31(24-9-5-2-6-10-24)30-25(23)21-12-14-28-15-13-21/h1-10,12-15,17,19H,11,16H2,(H,29,32). The highest BCUT2D eigenvalue weighted by atomic mass is 16.1. The number of nitrogens with zero attached hydrogens (tertiary/aromatic N) is 4. The van der Waals surface area contributed by atoms with E-state index in [4.69, 9.17) is 5.10 Å². The van der Waals surface area contributed by atoms with Gasteiger partial charge in [0.15, 0.2) is 0 Å². The van der Waals surface area contributed by atoms with Gasteiger partial charge in [-0.25, -0.2) is 4.68 Å². The molecule has 2 aromatic heterocycles. The molecule has 0 bridgehead atoms. The average molecular weight is 419 g/mol. The van der Waals surface area contributed by atoms with Gasteiger partial charge in [-0.15, -0.1) is 0 Å². The van der Waals surface area contributed by atoms with Gasteiger partial charge in [0, 0.05) is 36.3 Å². The third-order valence-electron chi connectivity index (χ3n) is 4.92. The van der Waals surface area contributed by atoms with Gasteiger partial charge >= 0.3 is 0 Å². The molecule has 0 saturated heterocycles. The number of nitriles is 1. The van der Waals surface area contributed by atoms with Crippen LogP contribution in [-0.4, -0.2) is 27.2 Å². The Balaban J connectivity index is 1.60. The van der Waals surface area contributed by atoms with E-state index in [2.05, 4.69) is 10.3 Å². The van der Waals surface area contributed by atoms with E-state index in [1.807, 2.05) is 85.1 Å². The zero-order chi connectivity index (χ0) is 22.2. The Morgan fingerprint density at radius 1 is 1.00 bits per heavy atom. The fourth-order valence-corrected chi connectivity index (χ4v) is 3.30. The molecule has 0 atom stereocenters. The largest absolute Gasteiger partial charge is 0.351 e. The topological polar surface area (TPSA) is 83.6 Å². The number of nitrogens with one attached hydrogen (secondary N) is 1. The molecule has 32 heavy (non-hydrogen) atoms. The van der Waals surface area contributed by atoms with Gasteiger partial charge in [-0.1, -0.05) is 48.5 Å². The molecule has 1 amide bonds. The third kappa shape index (κ3) is 4.97. The normalized spacial score (nSPS) is 11.0. The SMILES string of the molecule is N#CC(=Cc1cn(-c2ccccc2)nc1-c1ccncc1)C(=O)NCCc1ccccc1. The summed E-state index contributed by atoms with van der Waals surface area (Å²) in [4.78, 5) is 16.7. The molecule has 0 spiro atoms. The summed E-state index contributed by atoms with van der Waals surface area (Å²) in [5.74, 6) is -0.406. The van der Waals surface area contributed by atoms with Crippen LogP contribution < -0.4 is 5.32 Å². The first-order chi connectivity index (χ1) is 15.7. The maximum Gasteiger partial charge on any atom is 0.261 e. The Kier molecular flexibility index (Phi) is 6.49. The highest BCUT2D eigenvalue weighted by Crippen LogP contribution is 2.25. The first-order valence-corrected chi connectivity index (χ1v) is 10.2. The predicted octanol–water partition coefficient (Wildman–Crippen LogP) is 4.20. The van der Waals surface area contributed by atoms with E-state index in [0.29, 0.717) is 24.2 Å². The van der Waals surface area contributed by atoms with Crippen molar-refractivity contribution in [3.8, 4) is 23.0 Å². The van der Waals surface area contributed by atoms with Crippen molar-refractivity contribution in [2.24, 2.45) is 0 Å². The van der Waals surface area contributed by atoms with Crippen LogP contribution >= 0.6 is 0 Å². The fraction of sp³-hybridized carbons (Fsp3) is 0.0769. The van der Waals surface area contributed by atoms with E-state index < -0.39 is 5.91 Å². The summed E-state index contributed by atoms with van der Waals surface area (Å²) in [6, 6.07) is 25.3. The van der Waals surface area contributed by atoms with E-state index in [0.717, 1.165) is 16.8 Å². The predicted molar refractivity (Wildman–Crippen MR) is 124 cm³/mol. The van der Waals surface area contributed by atoms with Crippen LogP contribution in [0.3, 0.4) is 0 Å². The van der Waals surface area contributed by atoms with E-state index in [1.54, 1.807) is 23.2 Å². The molecule has 6 heteroatoms. The number of aromatic nitrogens is 3. The van der Waals surface area contributed by atoms with Crippen LogP contribution in [0, 0.1) is 11.3 Å². The Labute approximate surface area is 186 Å². The molecule has 6 nitrogen and oxygen atoms in total. The molecule has 0 saturated carbocycles. The number of hydrogen-bond donors (Lipinski definition) is 1. The Hall–Kier alpha value is -4.50. The minimum atomic E-state index is -0.406. The van der Waals surface area contributed by atoms with Gasteiger partial charge in [-0.3, -0.25) is 9.78 Å². The molecule has 0 unspecified atom stereocenters. The van der Waals surface area contributed by atoms with Crippen molar-refractivity contribution in [1.29, 1.82) is 5.26 Å². The molecule has 0 radical (unpaired) electrons. The maximum atomic E-state index is 12.7. The highest BCUT2D eigenvalue weighted by molar-refractivity contribution is 6.02. The summed E-state index contributed by atoms with van der Waals surface area (Å²) >= 11 is 0. The molecule has 156 valence electrons. The number of para-hydroxylation sites is 1. The summed E-state index contributed by atoms with van der Waals surface area (Å²) < 4.78 is 1.74. The lowest BCUT2D eigenvalue weighted by molar-refractivity contribution is -0.117. The van der Waals surface area contributed by atoms with Crippen LogP contribution in [0.2, 0.25) is 0 Å². The van der Waals surface area contributed by atoms with E-state index in [9.17, 15) is 10.1 Å². The van der Waals surface area contributed by atoms with E-state index in [-0.39, 0.29) is 5.57 Å². The lowest BCUT2D eigenvalue weighted by atomic mass is 10.1. The number of amides is 1. The molecular weight excluding hydrogens is 398 g/mol. The van der Waals surface area contributed by atoms with Gasteiger partial charge in [0.25, 0.3) is 5.91 Å². The van der Waals surface area contributed by atoms with Crippen LogP contribution in [0.5, 0.6) is 0 Å². The number of rotatable bonds is 7. The number of carbonyl (C=O) groups is 1. The van der Waals surface area contributed by atoms with Gasteiger partial charge in [-0.05, 0) is 42.3 Å². The smallest absolute Gasteiger partial charge is 0.261 e. The summed E-state index contributed by atoms with van der Waals surface area (Å²) in [6.45, 7) is 0.447. The van der Waals surface area contributed by atoms with Crippen LogP contribution in [-0.2, 0) is 11.2 Å². The lowest BCUT2D eigenvalue weighted by Crippen LogP contribution is -2.26. The first-order valence-electron chi connectivity index (χ1n) is 10.2. The molecule has 0 fully saturated rings. The molecule has 4 aromatic rings. The second kappa shape index (κ2) is 10.0. The van der Waals surface area contributed by atoms with Gasteiger partial charge in [0.2, 0.25) is 0 Å². The fourth-order valence-electron chi connectivity index (χ4n) is 3.30. The lowest BCUT2D eigenvalue weighted by Gasteiger charge is -2.05. The average Bonchev–Trinajstić information content (AvgIpc) is 3.28. The molecule has 1 N–H and O–H groups in total. The van der Waals surface area contributed by atoms with Crippen molar-refractivity contribution >= 4 is 12.0 Å². The monoisotopic (exact) mass is 419 g/mol. The van der Waals surface area contributed by atoms with Crippen LogP contribution in [0.4, 0.5) is 0 Å². The second-order valence-electron chi connectivity index (χ2n) is 7.11. The van der Waals surface area contributed by atoms with Crippen molar-refractivity contribution in [2.75, 3.05) is 6.54 Å². The zero-order valence-corrected chi connectivity index (χ0v) is 17.3. The molecule has 2 heterocycles. The highest BCUT2D eigenvalue weighted by Gasteiger charge is 2.15. The molecular formula is C26H21N5O. The van der Waals surface area contributed by atoms with E-state index in [1.165, 1.54) is 0 Å². The van der Waals surface area contributed by atoms with Crippen molar-refractivity contribution in [1.82, 2.24) is 20.1 Å². The molecule has 2 aromatic carbocycles. The van der Waals surface area contributed by atoms with Crippen molar-refractivity contribution in [3.63, 3.8) is 0 Å². The Bertz CT molecular complexity index is 1260. The maximum absolute atomic E-state index is 12.7. The Morgan fingerprint density at radius 2 is 1.69 bits per heavy atom. The number of carbonyl (C=O) groups excluding carboxylic acids is 1. The molecule has 0 aliphatic carbocycles. The molecule has 4 rings (SSSR count). The van der Waals surface area contributed by atoms with Gasteiger partial charge < -0.3 is 5.32 Å². The van der Waals surface area contributed by atoms with Crippen LogP contribution in [0.15, 0.2) is 97.0 Å². The second-order valence-corrected chi connectivity index (χ2v) is 7.11. The van der Waals surface area contributed by atoms with E-state index >= 15 is 0 Å². The summed E-state index contributed by atoms with van der Waals surface area (Å²) in [5.41, 5.74) is 4.23. The van der Waals surface area contributed by atoms with Crippen molar-refractivity contribution in [2.45, 2.75) is 6.42 Å². The first kappa shape index (κ1) is 20.8. The third-order valence-corrected chi connectivity index (χ3v) is 4.92. The molecule has 0 aliphatic rings. The number of pyridine rings is 1. The zero-order valence-electron chi connectivity index (χ0n) is 17.3. The summed E-state index contributed by atoms with van der Waals surface area (Å²) in [5, 5.41) is 17.2. The number of benzene rings is 2. The van der Waals surface area contributed by atoms with Crippen LogP contribution in [0.1, 0.15) is 11.1 Å². The minimum Gasteiger partial charge on any atom is -0.351 e. The van der Waals surface area contributed by atoms with Gasteiger partial charge in [0.1, 0.15) is 17.3 Å². The van der Waals surface area contributed by atoms with Gasteiger partial charge in [-0.2, -0.15) is 10.4 Å². The Morgan fingerprint density at radius 3 is 2.38 bits per heavy atom. The van der Waals surface area contributed by atoms with Crippen LogP contribution in [0.25, 0.3) is 23.0 Å². The molecule has 0 aliphatic heterocycles. The number of hydrogen-bond acceptors (Lipinski definition) is 4. The summed E-state index contributed by atoms with van der Waals surface area (Å²) in [6.07, 6.45) is 7.47. The minimum absolute atomic E-state index is 0.0287. The van der Waals surface area contributed by atoms with Crippen molar-refractivity contribution < 1.29 is 4.79 Å². The van der Waals surface area contributed by atoms with Crippen molar-refractivity contribution in [3.05, 3.63) is 108 Å².